The molecule has 0 aliphatic carbocycles. The Morgan fingerprint density at radius 3 is 2.66 bits per heavy atom. The highest BCUT2D eigenvalue weighted by Gasteiger charge is 2.08. The van der Waals surface area contributed by atoms with Crippen LogP contribution in [0.5, 0.6) is 0 Å². The fourth-order valence-electron chi connectivity index (χ4n) is 3.10. The summed E-state index contributed by atoms with van der Waals surface area (Å²) in [6, 6.07) is 9.89. The van der Waals surface area contributed by atoms with E-state index in [0.29, 0.717) is 0 Å². The van der Waals surface area contributed by atoms with Crippen molar-refractivity contribution in [1.82, 2.24) is 25.3 Å². The van der Waals surface area contributed by atoms with E-state index < -0.39 is 0 Å². The first kappa shape index (κ1) is 22.5. The lowest BCUT2D eigenvalue weighted by atomic mass is 10.1. The number of rotatable bonds is 9. The summed E-state index contributed by atoms with van der Waals surface area (Å²) in [4.78, 5) is 18.4. The molecule has 0 atom stereocenters. The molecule has 7 heteroatoms. The van der Waals surface area contributed by atoms with Crippen LogP contribution >= 0.6 is 0 Å². The van der Waals surface area contributed by atoms with Gasteiger partial charge in [0.05, 0.1) is 5.69 Å². The summed E-state index contributed by atoms with van der Waals surface area (Å²) in [5.74, 6) is 0.846. The lowest BCUT2D eigenvalue weighted by Gasteiger charge is -2.13. The first-order valence-corrected chi connectivity index (χ1v) is 10.2. The molecule has 0 fully saturated rings. The van der Waals surface area contributed by atoms with Gasteiger partial charge in [0.1, 0.15) is 0 Å². The van der Waals surface area contributed by atoms with Crippen LogP contribution in [0.3, 0.4) is 0 Å². The molecule has 0 unspecified atom stereocenters. The Bertz CT molecular complexity index is 824. The summed E-state index contributed by atoms with van der Waals surface area (Å²) >= 11 is 0. The summed E-state index contributed by atoms with van der Waals surface area (Å²) in [6.45, 7) is 9.33. The van der Waals surface area contributed by atoms with E-state index in [9.17, 15) is 4.79 Å². The summed E-state index contributed by atoms with van der Waals surface area (Å²) in [5.41, 5.74) is 4.09. The molecule has 0 saturated heterocycles. The van der Waals surface area contributed by atoms with Gasteiger partial charge in [-0.25, -0.2) is 0 Å². The average molecular weight is 399 g/mol. The van der Waals surface area contributed by atoms with Crippen molar-refractivity contribution in [3.63, 3.8) is 0 Å². The van der Waals surface area contributed by atoms with E-state index in [0.717, 1.165) is 61.8 Å². The van der Waals surface area contributed by atoms with Gasteiger partial charge in [0.25, 0.3) is 5.91 Å². The third kappa shape index (κ3) is 7.25. The number of benzene rings is 1. The highest BCUT2D eigenvalue weighted by molar-refractivity contribution is 5.94. The van der Waals surface area contributed by atoms with Crippen LogP contribution in [0.2, 0.25) is 0 Å². The molecule has 29 heavy (non-hydrogen) atoms. The van der Waals surface area contributed by atoms with Gasteiger partial charge in [0.2, 0.25) is 0 Å². The van der Waals surface area contributed by atoms with E-state index in [1.165, 1.54) is 5.69 Å². The summed E-state index contributed by atoms with van der Waals surface area (Å²) in [7, 11) is 3.54. The molecule has 2 N–H and O–H groups in total. The number of hydrogen-bond acceptors (Lipinski definition) is 3. The lowest BCUT2D eigenvalue weighted by Crippen LogP contribution is -2.38. The molecule has 1 heterocycles. The molecule has 0 aliphatic heterocycles. The van der Waals surface area contributed by atoms with Gasteiger partial charge >= 0.3 is 0 Å². The van der Waals surface area contributed by atoms with Gasteiger partial charge < -0.3 is 15.5 Å². The number of aryl methyl sites for hydroxylation is 3. The molecular weight excluding hydrogens is 364 g/mol. The Morgan fingerprint density at radius 1 is 1.21 bits per heavy atom. The minimum atomic E-state index is 0.0253. The minimum Gasteiger partial charge on any atom is -0.357 e. The smallest absolute Gasteiger partial charge is 0.253 e. The van der Waals surface area contributed by atoms with Crippen LogP contribution in [0.4, 0.5) is 0 Å². The van der Waals surface area contributed by atoms with Crippen molar-refractivity contribution in [3.8, 4) is 0 Å². The van der Waals surface area contributed by atoms with Gasteiger partial charge in [0.15, 0.2) is 5.96 Å². The fourth-order valence-corrected chi connectivity index (χ4v) is 3.10. The molecule has 2 rings (SSSR count). The van der Waals surface area contributed by atoms with Crippen LogP contribution in [0.15, 0.2) is 35.3 Å². The van der Waals surface area contributed by atoms with Crippen LogP contribution in [0, 0.1) is 13.8 Å². The maximum Gasteiger partial charge on any atom is 0.253 e. The molecule has 1 amide bonds. The third-order valence-electron chi connectivity index (χ3n) is 4.53. The number of hydrogen-bond donors (Lipinski definition) is 2. The van der Waals surface area contributed by atoms with Crippen molar-refractivity contribution in [2.45, 2.75) is 40.2 Å². The van der Waals surface area contributed by atoms with Crippen molar-refractivity contribution in [2.75, 3.05) is 33.7 Å². The van der Waals surface area contributed by atoms with Crippen molar-refractivity contribution in [3.05, 3.63) is 52.8 Å². The molecule has 0 spiro atoms. The number of carbonyl (C=O) groups excluding carboxylic acids is 1. The van der Waals surface area contributed by atoms with Gasteiger partial charge in [-0.1, -0.05) is 12.1 Å². The molecule has 0 bridgehead atoms. The molecular formula is C22H34N6O. The largest absolute Gasteiger partial charge is 0.357 e. The number of amides is 1. The normalized spacial score (nSPS) is 11.4. The molecule has 0 radical (unpaired) electrons. The van der Waals surface area contributed by atoms with E-state index in [1.54, 1.807) is 19.0 Å². The van der Waals surface area contributed by atoms with Crippen molar-refractivity contribution < 1.29 is 4.79 Å². The Morgan fingerprint density at radius 2 is 2.00 bits per heavy atom. The number of nitrogens with zero attached hydrogens (tertiary/aromatic N) is 4. The third-order valence-corrected chi connectivity index (χ3v) is 4.53. The number of guanidine groups is 1. The second-order valence-electron chi connectivity index (χ2n) is 7.34. The van der Waals surface area contributed by atoms with Crippen LogP contribution < -0.4 is 10.6 Å². The quantitative estimate of drug-likeness (QED) is 0.386. The van der Waals surface area contributed by atoms with Crippen molar-refractivity contribution in [1.29, 1.82) is 0 Å². The van der Waals surface area contributed by atoms with E-state index in [2.05, 4.69) is 40.6 Å². The van der Waals surface area contributed by atoms with E-state index in [4.69, 9.17) is 0 Å². The molecule has 1 aromatic heterocycles. The van der Waals surface area contributed by atoms with Gasteiger partial charge in [-0.05, 0) is 57.4 Å². The van der Waals surface area contributed by atoms with Crippen LogP contribution in [0.25, 0.3) is 0 Å². The van der Waals surface area contributed by atoms with Crippen LogP contribution in [0.1, 0.15) is 40.7 Å². The zero-order chi connectivity index (χ0) is 21.2. The van der Waals surface area contributed by atoms with Crippen LogP contribution in [-0.4, -0.2) is 60.3 Å². The molecule has 0 saturated carbocycles. The first-order valence-electron chi connectivity index (χ1n) is 10.2. The maximum absolute atomic E-state index is 12.1. The number of nitrogens with one attached hydrogen (secondary N) is 2. The molecule has 158 valence electrons. The van der Waals surface area contributed by atoms with E-state index in [-0.39, 0.29) is 5.91 Å². The second kappa shape index (κ2) is 11.2. The Hall–Kier alpha value is -2.83. The summed E-state index contributed by atoms with van der Waals surface area (Å²) in [5, 5.41) is 11.1. The summed E-state index contributed by atoms with van der Waals surface area (Å²) in [6.07, 6.45) is 1.76. The second-order valence-corrected chi connectivity index (χ2v) is 7.34. The van der Waals surface area contributed by atoms with Gasteiger partial charge in [-0.2, -0.15) is 5.10 Å². The van der Waals surface area contributed by atoms with Gasteiger partial charge in [0, 0.05) is 51.5 Å². The highest BCUT2D eigenvalue weighted by Crippen LogP contribution is 2.08. The van der Waals surface area contributed by atoms with Crippen molar-refractivity contribution >= 4 is 11.9 Å². The number of aromatic nitrogens is 2. The summed E-state index contributed by atoms with van der Waals surface area (Å²) < 4.78 is 2.03. The zero-order valence-electron chi connectivity index (χ0n) is 18.3. The Kier molecular flexibility index (Phi) is 8.70. The zero-order valence-corrected chi connectivity index (χ0v) is 18.3. The van der Waals surface area contributed by atoms with Gasteiger partial charge in [-0.15, -0.1) is 0 Å². The minimum absolute atomic E-state index is 0.0253. The maximum atomic E-state index is 12.1. The predicted octanol–water partition coefficient (Wildman–Crippen LogP) is 2.39. The first-order chi connectivity index (χ1) is 13.9. The number of carbonyl (C=O) groups is 1. The Balaban J connectivity index is 1.82. The molecule has 2 aromatic rings. The molecule has 0 aliphatic rings. The molecule has 7 nitrogen and oxygen atoms in total. The SMILES string of the molecule is CCNC(=NCCCn1nc(C)cc1C)NCCc1cccc(C(=O)N(C)C)c1. The lowest BCUT2D eigenvalue weighted by molar-refractivity contribution is 0.0827. The monoisotopic (exact) mass is 398 g/mol. The highest BCUT2D eigenvalue weighted by atomic mass is 16.2. The standard InChI is InChI=1S/C22H34N6O/c1-6-23-22(24-12-8-14-28-18(3)15-17(2)26-28)25-13-11-19-9-7-10-20(16-19)21(29)27(4)5/h7,9-10,15-16H,6,8,11-14H2,1-5H3,(H2,23,24,25). The van der Waals surface area contributed by atoms with E-state index >= 15 is 0 Å². The molecule has 1 aromatic carbocycles. The average Bonchev–Trinajstić information content (AvgIpc) is 3.01. The predicted molar refractivity (Wildman–Crippen MR) is 118 cm³/mol. The van der Waals surface area contributed by atoms with E-state index in [1.807, 2.05) is 35.9 Å². The van der Waals surface area contributed by atoms with Crippen LogP contribution in [-0.2, 0) is 13.0 Å². The number of aliphatic imine (C=N–C) groups is 1. The fraction of sp³-hybridized carbons (Fsp3) is 0.500. The van der Waals surface area contributed by atoms with Crippen molar-refractivity contribution in [2.24, 2.45) is 4.99 Å². The topological polar surface area (TPSA) is 74.5 Å². The Labute approximate surface area is 174 Å². The van der Waals surface area contributed by atoms with Gasteiger partial charge in [-0.3, -0.25) is 14.5 Å².